The van der Waals surface area contributed by atoms with Crippen molar-refractivity contribution < 1.29 is 0 Å². The van der Waals surface area contributed by atoms with Crippen LogP contribution in [0, 0.1) is 0 Å². The van der Waals surface area contributed by atoms with Gasteiger partial charge in [0.2, 0.25) is 0 Å². The molecule has 3 heteroatoms. The van der Waals surface area contributed by atoms with E-state index in [9.17, 15) is 0 Å². The summed E-state index contributed by atoms with van der Waals surface area (Å²) in [6, 6.07) is 20.6. The van der Waals surface area contributed by atoms with Crippen LogP contribution in [-0.2, 0) is 0 Å². The fourth-order valence-corrected chi connectivity index (χ4v) is 2.26. The molecule has 0 amide bonds. The summed E-state index contributed by atoms with van der Waals surface area (Å²) in [4.78, 5) is 8.31. The molecule has 0 unspecified atom stereocenters. The van der Waals surface area contributed by atoms with Gasteiger partial charge in [-0.2, -0.15) is 0 Å². The maximum absolute atomic E-state index is 4.27. The molecule has 0 fully saturated rings. The van der Waals surface area contributed by atoms with Gasteiger partial charge >= 0.3 is 0 Å². The fraction of sp³-hybridized carbons (Fsp3) is 0. The van der Waals surface area contributed by atoms with Crippen molar-refractivity contribution in [2.45, 2.75) is 0 Å². The Morgan fingerprint density at radius 2 is 1.32 bits per heavy atom. The normalized spacial score (nSPS) is 10.4. The third-order valence-electron chi connectivity index (χ3n) is 2.92. The smallest absolute Gasteiger partial charge is 0.117 e. The molecular weight excluding hydrogens is 300 g/mol. The first-order chi connectivity index (χ1) is 9.33. The van der Waals surface area contributed by atoms with Crippen molar-refractivity contribution in [1.82, 2.24) is 9.97 Å². The van der Waals surface area contributed by atoms with Crippen LogP contribution in [0.3, 0.4) is 0 Å². The van der Waals surface area contributed by atoms with E-state index in [1.165, 1.54) is 11.1 Å². The van der Waals surface area contributed by atoms with E-state index in [1.807, 2.05) is 24.3 Å². The first-order valence-corrected chi connectivity index (χ1v) is 6.75. The van der Waals surface area contributed by atoms with Gasteiger partial charge in [-0.1, -0.05) is 54.6 Å². The molecular formula is C16H11BrN2. The van der Waals surface area contributed by atoms with Gasteiger partial charge in [-0.15, -0.1) is 0 Å². The van der Waals surface area contributed by atoms with Gasteiger partial charge in [0.1, 0.15) is 10.9 Å². The van der Waals surface area contributed by atoms with Crippen LogP contribution in [-0.4, -0.2) is 9.97 Å². The Morgan fingerprint density at radius 1 is 0.684 bits per heavy atom. The lowest BCUT2D eigenvalue weighted by Crippen LogP contribution is -1.86. The average Bonchev–Trinajstić information content (AvgIpc) is 2.48. The third kappa shape index (κ3) is 2.71. The van der Waals surface area contributed by atoms with Gasteiger partial charge in [-0.25, -0.2) is 9.97 Å². The van der Waals surface area contributed by atoms with E-state index >= 15 is 0 Å². The van der Waals surface area contributed by atoms with Gasteiger partial charge < -0.3 is 0 Å². The largest absolute Gasteiger partial charge is 0.236 e. The van der Waals surface area contributed by atoms with Crippen molar-refractivity contribution in [1.29, 1.82) is 0 Å². The molecule has 1 heterocycles. The number of rotatable bonds is 2. The number of benzene rings is 2. The molecule has 2 nitrogen and oxygen atoms in total. The third-order valence-corrected chi connectivity index (χ3v) is 3.36. The van der Waals surface area contributed by atoms with E-state index in [0.717, 1.165) is 15.9 Å². The summed E-state index contributed by atoms with van der Waals surface area (Å²) in [5, 5.41) is 0. The van der Waals surface area contributed by atoms with Crippen LogP contribution in [0.2, 0.25) is 0 Å². The summed E-state index contributed by atoms with van der Waals surface area (Å²) in [5.41, 5.74) is 4.43. The molecule has 92 valence electrons. The molecule has 1 aromatic heterocycles. The molecule has 3 aromatic rings. The Labute approximate surface area is 120 Å². The Balaban J connectivity index is 1.95. The SMILES string of the molecule is Brc1cc(-c2ccc(-c3ccccc3)cc2)ncn1. The average molecular weight is 311 g/mol. The van der Waals surface area contributed by atoms with Crippen LogP contribution in [0.5, 0.6) is 0 Å². The van der Waals surface area contributed by atoms with Gasteiger partial charge in [0, 0.05) is 5.56 Å². The highest BCUT2D eigenvalue weighted by Gasteiger charge is 2.01. The zero-order valence-corrected chi connectivity index (χ0v) is 11.7. The second-order valence-electron chi connectivity index (χ2n) is 4.17. The van der Waals surface area contributed by atoms with Crippen LogP contribution in [0.15, 0.2) is 71.6 Å². The summed E-state index contributed by atoms with van der Waals surface area (Å²) in [6.07, 6.45) is 1.56. The molecule has 0 spiro atoms. The molecule has 0 atom stereocenters. The summed E-state index contributed by atoms with van der Waals surface area (Å²) < 4.78 is 0.796. The first-order valence-electron chi connectivity index (χ1n) is 5.96. The zero-order chi connectivity index (χ0) is 13.1. The lowest BCUT2D eigenvalue weighted by atomic mass is 10.0. The van der Waals surface area contributed by atoms with Crippen molar-refractivity contribution in [3.8, 4) is 22.4 Å². The van der Waals surface area contributed by atoms with Crippen LogP contribution >= 0.6 is 15.9 Å². The Morgan fingerprint density at radius 3 is 2.00 bits per heavy atom. The molecule has 3 rings (SSSR count). The quantitative estimate of drug-likeness (QED) is 0.648. The second kappa shape index (κ2) is 5.33. The van der Waals surface area contributed by atoms with Crippen LogP contribution in [0.1, 0.15) is 0 Å². The Kier molecular flexibility index (Phi) is 3.38. The van der Waals surface area contributed by atoms with Gasteiger partial charge in [0.15, 0.2) is 0 Å². The molecule has 19 heavy (non-hydrogen) atoms. The summed E-state index contributed by atoms with van der Waals surface area (Å²) in [7, 11) is 0. The van der Waals surface area contributed by atoms with Crippen molar-refractivity contribution in [3.05, 3.63) is 71.6 Å². The van der Waals surface area contributed by atoms with Crippen molar-refractivity contribution in [3.63, 3.8) is 0 Å². The number of hydrogen-bond donors (Lipinski definition) is 0. The molecule has 0 saturated carbocycles. The lowest BCUT2D eigenvalue weighted by Gasteiger charge is -2.04. The van der Waals surface area contributed by atoms with Gasteiger partial charge in [0.05, 0.1) is 5.69 Å². The molecule has 0 radical (unpaired) electrons. The minimum Gasteiger partial charge on any atom is -0.236 e. The number of aromatic nitrogens is 2. The standard InChI is InChI=1S/C16H11BrN2/c17-16-10-15(18-11-19-16)14-8-6-13(7-9-14)12-4-2-1-3-5-12/h1-11H. The maximum atomic E-state index is 4.27. The Hall–Kier alpha value is -2.00. The monoisotopic (exact) mass is 310 g/mol. The molecule has 0 bridgehead atoms. The van der Waals surface area contributed by atoms with Crippen LogP contribution < -0.4 is 0 Å². The van der Waals surface area contributed by atoms with E-state index in [-0.39, 0.29) is 0 Å². The van der Waals surface area contributed by atoms with Crippen LogP contribution in [0.25, 0.3) is 22.4 Å². The highest BCUT2D eigenvalue weighted by molar-refractivity contribution is 9.10. The van der Waals surface area contributed by atoms with E-state index in [2.05, 4.69) is 62.3 Å². The number of nitrogens with zero attached hydrogens (tertiary/aromatic N) is 2. The van der Waals surface area contributed by atoms with E-state index < -0.39 is 0 Å². The van der Waals surface area contributed by atoms with Gasteiger partial charge in [0.25, 0.3) is 0 Å². The van der Waals surface area contributed by atoms with Gasteiger partial charge in [-0.3, -0.25) is 0 Å². The number of halogens is 1. The minimum atomic E-state index is 0.796. The highest BCUT2D eigenvalue weighted by atomic mass is 79.9. The summed E-state index contributed by atoms with van der Waals surface area (Å²) in [5.74, 6) is 0. The predicted molar refractivity (Wildman–Crippen MR) is 80.6 cm³/mol. The minimum absolute atomic E-state index is 0.796. The topological polar surface area (TPSA) is 25.8 Å². The Bertz CT molecular complexity index is 679. The molecule has 0 saturated heterocycles. The predicted octanol–water partition coefficient (Wildman–Crippen LogP) is 4.57. The fourth-order valence-electron chi connectivity index (χ4n) is 1.96. The van der Waals surface area contributed by atoms with Crippen molar-refractivity contribution in [2.24, 2.45) is 0 Å². The number of hydrogen-bond acceptors (Lipinski definition) is 2. The van der Waals surface area contributed by atoms with Crippen LogP contribution in [0.4, 0.5) is 0 Å². The zero-order valence-electron chi connectivity index (χ0n) is 10.1. The lowest BCUT2D eigenvalue weighted by molar-refractivity contribution is 1.14. The first kappa shape index (κ1) is 12.1. The highest BCUT2D eigenvalue weighted by Crippen LogP contribution is 2.24. The molecule has 0 N–H and O–H groups in total. The van der Waals surface area contributed by atoms with Gasteiger partial charge in [-0.05, 0) is 33.1 Å². The maximum Gasteiger partial charge on any atom is 0.117 e. The molecule has 0 aliphatic rings. The summed E-state index contributed by atoms with van der Waals surface area (Å²) >= 11 is 3.36. The molecule has 2 aromatic carbocycles. The van der Waals surface area contributed by atoms with E-state index in [4.69, 9.17) is 0 Å². The second-order valence-corrected chi connectivity index (χ2v) is 4.98. The van der Waals surface area contributed by atoms with E-state index in [1.54, 1.807) is 6.33 Å². The molecule has 0 aliphatic heterocycles. The molecule has 0 aliphatic carbocycles. The van der Waals surface area contributed by atoms with Crippen molar-refractivity contribution in [2.75, 3.05) is 0 Å². The van der Waals surface area contributed by atoms with E-state index in [0.29, 0.717) is 0 Å². The summed E-state index contributed by atoms with van der Waals surface area (Å²) in [6.45, 7) is 0. The van der Waals surface area contributed by atoms with Crippen molar-refractivity contribution >= 4 is 15.9 Å².